The van der Waals surface area contributed by atoms with Gasteiger partial charge < -0.3 is 4.74 Å². The Morgan fingerprint density at radius 1 is 1.06 bits per heavy atom. The van der Waals surface area contributed by atoms with Crippen LogP contribution in [-0.2, 0) is 17.0 Å². The number of thioether (sulfide) groups is 1. The SMILES string of the molecule is CCN(C/C=C/C#CC(C)(C)OC)Cc1cccc(CSc2cccc(-c3ccsc3)c2)c1. The van der Waals surface area contributed by atoms with E-state index in [0.29, 0.717) is 0 Å². The minimum absolute atomic E-state index is 0.404. The van der Waals surface area contributed by atoms with E-state index in [9.17, 15) is 0 Å². The molecule has 2 aromatic carbocycles. The van der Waals surface area contributed by atoms with Gasteiger partial charge in [0.15, 0.2) is 0 Å². The Kier molecular flexibility index (Phi) is 9.84. The maximum Gasteiger partial charge on any atom is 0.123 e. The first-order valence-electron chi connectivity index (χ1n) is 11.3. The van der Waals surface area contributed by atoms with Gasteiger partial charge in [-0.1, -0.05) is 61.2 Å². The van der Waals surface area contributed by atoms with Gasteiger partial charge in [0.2, 0.25) is 0 Å². The van der Waals surface area contributed by atoms with Gasteiger partial charge >= 0.3 is 0 Å². The molecule has 172 valence electrons. The van der Waals surface area contributed by atoms with Gasteiger partial charge in [-0.2, -0.15) is 11.3 Å². The van der Waals surface area contributed by atoms with E-state index in [0.717, 1.165) is 25.4 Å². The molecule has 0 N–H and O–H groups in total. The molecule has 0 aliphatic carbocycles. The average molecular weight is 476 g/mol. The van der Waals surface area contributed by atoms with Crippen LogP contribution in [0.3, 0.4) is 0 Å². The largest absolute Gasteiger partial charge is 0.366 e. The number of rotatable bonds is 10. The topological polar surface area (TPSA) is 12.5 Å². The fourth-order valence-corrected chi connectivity index (χ4v) is 4.83. The molecule has 33 heavy (non-hydrogen) atoms. The summed E-state index contributed by atoms with van der Waals surface area (Å²) in [7, 11) is 1.69. The zero-order chi connectivity index (χ0) is 23.5. The summed E-state index contributed by atoms with van der Waals surface area (Å²) in [5.41, 5.74) is 4.89. The zero-order valence-electron chi connectivity index (χ0n) is 20.0. The van der Waals surface area contributed by atoms with Crippen molar-refractivity contribution in [2.75, 3.05) is 20.2 Å². The van der Waals surface area contributed by atoms with E-state index in [-0.39, 0.29) is 0 Å². The molecule has 1 aromatic heterocycles. The Hall–Kier alpha value is -2.29. The third-order valence-corrected chi connectivity index (χ3v) is 7.14. The summed E-state index contributed by atoms with van der Waals surface area (Å²) in [5, 5.41) is 4.33. The predicted octanol–water partition coefficient (Wildman–Crippen LogP) is 7.51. The number of benzene rings is 2. The lowest BCUT2D eigenvalue weighted by Crippen LogP contribution is -2.22. The first-order chi connectivity index (χ1) is 16.0. The van der Waals surface area contributed by atoms with Crippen LogP contribution in [0.5, 0.6) is 0 Å². The molecule has 0 aliphatic rings. The van der Waals surface area contributed by atoms with Crippen molar-refractivity contribution in [3.05, 3.63) is 88.6 Å². The monoisotopic (exact) mass is 475 g/mol. The molecule has 0 saturated heterocycles. The average Bonchev–Trinajstić information content (AvgIpc) is 3.37. The Morgan fingerprint density at radius 3 is 2.64 bits per heavy atom. The van der Waals surface area contributed by atoms with Crippen molar-refractivity contribution in [3.8, 4) is 23.0 Å². The van der Waals surface area contributed by atoms with Gasteiger partial charge in [-0.15, -0.1) is 11.8 Å². The first kappa shape index (κ1) is 25.3. The van der Waals surface area contributed by atoms with E-state index >= 15 is 0 Å². The number of allylic oxidation sites excluding steroid dienone is 1. The standard InChI is InChI=1S/C29H33NOS2/c1-5-30(17-8-6-7-16-29(2,3)31-4)21-24-11-9-12-25(19-24)22-33-28-14-10-13-26(20-28)27-15-18-32-23-27/h6,8-15,18-20,23H,5,17,21-22H2,1-4H3/b8-6+. The van der Waals surface area contributed by atoms with Crippen LogP contribution in [0.2, 0.25) is 0 Å². The highest BCUT2D eigenvalue weighted by atomic mass is 32.2. The van der Waals surface area contributed by atoms with Crippen molar-refractivity contribution >= 4 is 23.1 Å². The van der Waals surface area contributed by atoms with E-state index in [2.05, 4.69) is 95.1 Å². The Morgan fingerprint density at radius 2 is 1.88 bits per heavy atom. The predicted molar refractivity (Wildman–Crippen MR) is 145 cm³/mol. The van der Waals surface area contributed by atoms with Crippen LogP contribution < -0.4 is 0 Å². The molecule has 0 amide bonds. The summed E-state index contributed by atoms with van der Waals surface area (Å²) in [4.78, 5) is 3.72. The van der Waals surface area contributed by atoms with Crippen LogP contribution in [0.1, 0.15) is 31.9 Å². The van der Waals surface area contributed by atoms with Crippen molar-refractivity contribution in [2.24, 2.45) is 0 Å². The molecule has 1 heterocycles. The summed E-state index contributed by atoms with van der Waals surface area (Å²) in [6, 6.07) is 20.0. The molecule has 0 unspecified atom stereocenters. The molecule has 0 radical (unpaired) electrons. The lowest BCUT2D eigenvalue weighted by atomic mass is 10.1. The highest BCUT2D eigenvalue weighted by molar-refractivity contribution is 7.98. The van der Waals surface area contributed by atoms with Crippen LogP contribution in [0.15, 0.2) is 82.4 Å². The number of likely N-dealkylation sites (N-methyl/N-ethyl adjacent to an activating group) is 1. The summed E-state index contributed by atoms with van der Waals surface area (Å²) in [6.07, 6.45) is 4.06. The number of thiophene rings is 1. The minimum Gasteiger partial charge on any atom is -0.366 e. The van der Waals surface area contributed by atoms with Crippen molar-refractivity contribution in [3.63, 3.8) is 0 Å². The maximum atomic E-state index is 5.33. The lowest BCUT2D eigenvalue weighted by Gasteiger charge is -2.19. The molecule has 0 aliphatic heterocycles. The number of hydrogen-bond donors (Lipinski definition) is 0. The fourth-order valence-electron chi connectivity index (χ4n) is 3.27. The van der Waals surface area contributed by atoms with E-state index in [1.165, 1.54) is 27.1 Å². The zero-order valence-corrected chi connectivity index (χ0v) is 21.6. The van der Waals surface area contributed by atoms with Crippen LogP contribution in [0.4, 0.5) is 0 Å². The molecule has 0 fully saturated rings. The van der Waals surface area contributed by atoms with Gasteiger partial charge in [-0.3, -0.25) is 4.90 Å². The summed E-state index contributed by atoms with van der Waals surface area (Å²) >= 11 is 3.64. The Balaban J connectivity index is 1.55. The summed E-state index contributed by atoms with van der Waals surface area (Å²) < 4.78 is 5.33. The number of ether oxygens (including phenoxy) is 1. The third kappa shape index (κ3) is 8.53. The van der Waals surface area contributed by atoms with Gasteiger partial charge in [0, 0.05) is 30.8 Å². The molecule has 3 rings (SSSR count). The molecule has 0 spiro atoms. The Bertz CT molecular complexity index is 1090. The number of hydrogen-bond acceptors (Lipinski definition) is 4. The van der Waals surface area contributed by atoms with Crippen molar-refractivity contribution in [1.82, 2.24) is 4.90 Å². The first-order valence-corrected chi connectivity index (χ1v) is 13.2. The highest BCUT2D eigenvalue weighted by Crippen LogP contribution is 2.29. The maximum absolute atomic E-state index is 5.33. The molecule has 4 heteroatoms. The highest BCUT2D eigenvalue weighted by Gasteiger charge is 2.10. The second-order valence-electron chi connectivity index (χ2n) is 8.36. The minimum atomic E-state index is -0.404. The summed E-state index contributed by atoms with van der Waals surface area (Å²) in [5.74, 6) is 7.18. The van der Waals surface area contributed by atoms with Crippen LogP contribution in [0, 0.1) is 11.8 Å². The van der Waals surface area contributed by atoms with Gasteiger partial charge in [0.05, 0.1) is 0 Å². The van der Waals surface area contributed by atoms with Crippen LogP contribution in [0.25, 0.3) is 11.1 Å². The number of nitrogens with zero attached hydrogens (tertiary/aromatic N) is 1. The van der Waals surface area contributed by atoms with Gasteiger partial charge in [0.1, 0.15) is 5.60 Å². The van der Waals surface area contributed by atoms with Gasteiger partial charge in [0.25, 0.3) is 0 Å². The molecular weight excluding hydrogens is 442 g/mol. The van der Waals surface area contributed by atoms with Gasteiger partial charge in [-0.05, 0) is 77.7 Å². The van der Waals surface area contributed by atoms with Gasteiger partial charge in [-0.25, -0.2) is 0 Å². The lowest BCUT2D eigenvalue weighted by molar-refractivity contribution is 0.0742. The smallest absolute Gasteiger partial charge is 0.123 e. The van der Waals surface area contributed by atoms with E-state index in [4.69, 9.17) is 4.74 Å². The van der Waals surface area contributed by atoms with Crippen LogP contribution in [-0.4, -0.2) is 30.7 Å². The number of methoxy groups -OCH3 is 1. The van der Waals surface area contributed by atoms with Crippen molar-refractivity contribution in [1.29, 1.82) is 0 Å². The normalized spacial score (nSPS) is 11.7. The molecular formula is C29H33NOS2. The van der Waals surface area contributed by atoms with Crippen molar-refractivity contribution in [2.45, 2.75) is 43.6 Å². The molecule has 0 bridgehead atoms. The quantitative estimate of drug-likeness (QED) is 0.222. The van der Waals surface area contributed by atoms with E-state index in [1.54, 1.807) is 18.4 Å². The molecule has 3 aromatic rings. The molecule has 0 atom stereocenters. The second kappa shape index (κ2) is 12.8. The second-order valence-corrected chi connectivity index (χ2v) is 10.2. The third-order valence-electron chi connectivity index (χ3n) is 5.39. The van der Waals surface area contributed by atoms with Crippen LogP contribution >= 0.6 is 23.1 Å². The molecule has 0 saturated carbocycles. The Labute approximate surface area is 207 Å². The fraction of sp³-hybridized carbons (Fsp3) is 0.310. The van der Waals surface area contributed by atoms with Crippen molar-refractivity contribution < 1.29 is 4.74 Å². The molecule has 2 nitrogen and oxygen atoms in total. The van der Waals surface area contributed by atoms with E-state index < -0.39 is 5.60 Å². The van der Waals surface area contributed by atoms with E-state index in [1.807, 2.05) is 31.7 Å². The summed E-state index contributed by atoms with van der Waals surface area (Å²) in [6.45, 7) is 8.95.